The molecule has 0 aliphatic carbocycles. The van der Waals surface area contributed by atoms with Crippen molar-refractivity contribution in [3.05, 3.63) is 53.4 Å². The second kappa shape index (κ2) is 5.15. The maximum Gasteiger partial charge on any atom is 0.0407 e. The summed E-state index contributed by atoms with van der Waals surface area (Å²) in [5.41, 5.74) is 1.27. The summed E-state index contributed by atoms with van der Waals surface area (Å²) in [5.74, 6) is 0.568. The van der Waals surface area contributed by atoms with Gasteiger partial charge in [-0.25, -0.2) is 0 Å². The molecule has 0 nitrogen and oxygen atoms in total. The topological polar surface area (TPSA) is 0 Å². The second-order valence-corrected chi connectivity index (χ2v) is 4.55. The van der Waals surface area contributed by atoms with E-state index in [2.05, 4.69) is 42.5 Å². The molecule has 0 N–H and O–H groups in total. The Bertz CT molecular complexity index is 443. The van der Waals surface area contributed by atoms with E-state index in [4.69, 9.17) is 11.6 Å². The van der Waals surface area contributed by atoms with Gasteiger partial charge in [-0.3, -0.25) is 0 Å². The average molecular weight is 235 g/mol. The fourth-order valence-corrected chi connectivity index (χ4v) is 2.39. The number of hydrogen-bond donors (Lipinski definition) is 0. The van der Waals surface area contributed by atoms with Gasteiger partial charge in [0, 0.05) is 15.6 Å². The van der Waals surface area contributed by atoms with Gasteiger partial charge in [0.05, 0.1) is 0 Å². The third-order valence-corrected chi connectivity index (χ3v) is 3.33. The van der Waals surface area contributed by atoms with Crippen molar-refractivity contribution in [1.82, 2.24) is 0 Å². The minimum absolute atomic E-state index is 0.568. The standard InChI is InChI=1S/C13H11ClS/c14-10-4-7-12-8-9-13(15-12)11-5-2-1-3-6-11/h1-9H,10H2. The molecular weight excluding hydrogens is 224 g/mol. The Morgan fingerprint density at radius 1 is 1.07 bits per heavy atom. The third-order valence-electron chi connectivity index (χ3n) is 2.06. The third kappa shape index (κ3) is 2.71. The van der Waals surface area contributed by atoms with Crippen LogP contribution in [0.3, 0.4) is 0 Å². The van der Waals surface area contributed by atoms with E-state index in [1.807, 2.05) is 12.1 Å². The summed E-state index contributed by atoms with van der Waals surface area (Å²) in [6.45, 7) is 0. The Morgan fingerprint density at radius 3 is 2.60 bits per heavy atom. The van der Waals surface area contributed by atoms with Crippen LogP contribution in [0.5, 0.6) is 0 Å². The van der Waals surface area contributed by atoms with Crippen molar-refractivity contribution in [2.45, 2.75) is 0 Å². The highest BCUT2D eigenvalue weighted by molar-refractivity contribution is 7.16. The molecule has 0 spiro atoms. The predicted octanol–water partition coefficient (Wildman–Crippen LogP) is 4.67. The van der Waals surface area contributed by atoms with Crippen molar-refractivity contribution in [3.63, 3.8) is 0 Å². The molecule has 0 amide bonds. The SMILES string of the molecule is ClCC=Cc1ccc(-c2ccccc2)s1. The smallest absolute Gasteiger partial charge is 0.0407 e. The lowest BCUT2D eigenvalue weighted by Crippen LogP contribution is -1.67. The van der Waals surface area contributed by atoms with E-state index in [0.29, 0.717) is 5.88 Å². The molecule has 0 unspecified atom stereocenters. The summed E-state index contributed by atoms with van der Waals surface area (Å²) in [6, 6.07) is 14.7. The Labute approximate surface area is 98.8 Å². The molecule has 2 heteroatoms. The van der Waals surface area contributed by atoms with Gasteiger partial charge in [0.25, 0.3) is 0 Å². The monoisotopic (exact) mass is 234 g/mol. The first-order valence-corrected chi connectivity index (χ1v) is 6.13. The minimum Gasteiger partial charge on any atom is -0.136 e. The van der Waals surface area contributed by atoms with E-state index in [1.165, 1.54) is 15.3 Å². The number of halogens is 1. The predicted molar refractivity (Wildman–Crippen MR) is 69.5 cm³/mol. The largest absolute Gasteiger partial charge is 0.136 e. The fraction of sp³-hybridized carbons (Fsp3) is 0.0769. The Kier molecular flexibility index (Phi) is 3.59. The van der Waals surface area contributed by atoms with E-state index in [1.54, 1.807) is 11.3 Å². The molecule has 0 aliphatic heterocycles. The molecule has 1 aromatic carbocycles. The summed E-state index contributed by atoms with van der Waals surface area (Å²) in [4.78, 5) is 2.54. The molecule has 0 radical (unpaired) electrons. The second-order valence-electron chi connectivity index (χ2n) is 3.12. The van der Waals surface area contributed by atoms with Gasteiger partial charge >= 0.3 is 0 Å². The molecule has 0 bridgehead atoms. The lowest BCUT2D eigenvalue weighted by atomic mass is 10.2. The normalized spacial score (nSPS) is 11.0. The van der Waals surface area contributed by atoms with Crippen LogP contribution in [0.4, 0.5) is 0 Å². The number of allylic oxidation sites excluding steroid dienone is 1. The van der Waals surface area contributed by atoms with Crippen LogP contribution < -0.4 is 0 Å². The fourth-order valence-electron chi connectivity index (χ4n) is 1.36. The molecule has 2 aromatic rings. The molecule has 2 rings (SSSR count). The molecule has 0 saturated heterocycles. The zero-order valence-electron chi connectivity index (χ0n) is 8.19. The summed E-state index contributed by atoms with van der Waals surface area (Å²) < 4.78 is 0. The summed E-state index contributed by atoms with van der Waals surface area (Å²) in [6.07, 6.45) is 4.02. The number of benzene rings is 1. The molecule has 15 heavy (non-hydrogen) atoms. The first-order chi connectivity index (χ1) is 7.40. The first-order valence-electron chi connectivity index (χ1n) is 4.78. The van der Waals surface area contributed by atoms with E-state index < -0.39 is 0 Å². The number of alkyl halides is 1. The van der Waals surface area contributed by atoms with Crippen molar-refractivity contribution in [3.8, 4) is 10.4 Å². The van der Waals surface area contributed by atoms with Crippen molar-refractivity contribution < 1.29 is 0 Å². The number of hydrogen-bond acceptors (Lipinski definition) is 1. The van der Waals surface area contributed by atoms with E-state index in [9.17, 15) is 0 Å². The van der Waals surface area contributed by atoms with Crippen LogP contribution in [-0.4, -0.2) is 5.88 Å². The molecule has 0 fully saturated rings. The van der Waals surface area contributed by atoms with E-state index in [-0.39, 0.29) is 0 Å². The number of rotatable bonds is 3. The lowest BCUT2D eigenvalue weighted by Gasteiger charge is -1.94. The van der Waals surface area contributed by atoms with Crippen LogP contribution in [0.15, 0.2) is 48.5 Å². The zero-order chi connectivity index (χ0) is 10.5. The average Bonchev–Trinajstić information content (AvgIpc) is 2.76. The highest BCUT2D eigenvalue weighted by Gasteiger charge is 1.99. The van der Waals surface area contributed by atoms with Gasteiger partial charge in [0.15, 0.2) is 0 Å². The van der Waals surface area contributed by atoms with Crippen LogP contribution in [0.25, 0.3) is 16.5 Å². The van der Waals surface area contributed by atoms with Crippen molar-refractivity contribution in [1.29, 1.82) is 0 Å². The summed E-state index contributed by atoms with van der Waals surface area (Å²) in [7, 11) is 0. The van der Waals surface area contributed by atoms with Gasteiger partial charge in [-0.1, -0.05) is 36.4 Å². The van der Waals surface area contributed by atoms with Crippen molar-refractivity contribution >= 4 is 29.0 Å². The quantitative estimate of drug-likeness (QED) is 0.678. The van der Waals surface area contributed by atoms with Gasteiger partial charge in [-0.15, -0.1) is 22.9 Å². The Hall–Kier alpha value is -1.05. The maximum absolute atomic E-state index is 5.59. The number of thiophene rings is 1. The highest BCUT2D eigenvalue weighted by Crippen LogP contribution is 2.28. The molecule has 1 heterocycles. The van der Waals surface area contributed by atoms with E-state index in [0.717, 1.165) is 0 Å². The Balaban J connectivity index is 2.24. The molecule has 1 aromatic heterocycles. The minimum atomic E-state index is 0.568. The van der Waals surface area contributed by atoms with Crippen molar-refractivity contribution in [2.24, 2.45) is 0 Å². The van der Waals surface area contributed by atoms with Crippen LogP contribution in [0.1, 0.15) is 4.88 Å². The molecule has 0 aliphatic rings. The van der Waals surface area contributed by atoms with Gasteiger partial charge in [-0.05, 0) is 23.8 Å². The van der Waals surface area contributed by atoms with Gasteiger partial charge in [-0.2, -0.15) is 0 Å². The first kappa shape index (κ1) is 10.5. The van der Waals surface area contributed by atoms with E-state index >= 15 is 0 Å². The summed E-state index contributed by atoms with van der Waals surface area (Å²) >= 11 is 7.37. The van der Waals surface area contributed by atoms with Gasteiger partial charge < -0.3 is 0 Å². The Morgan fingerprint density at radius 2 is 1.87 bits per heavy atom. The van der Waals surface area contributed by atoms with Gasteiger partial charge in [0.2, 0.25) is 0 Å². The molecule has 0 atom stereocenters. The molecular formula is C13H11ClS. The zero-order valence-corrected chi connectivity index (χ0v) is 9.76. The van der Waals surface area contributed by atoms with Crippen LogP contribution in [0.2, 0.25) is 0 Å². The van der Waals surface area contributed by atoms with Crippen LogP contribution >= 0.6 is 22.9 Å². The molecule has 76 valence electrons. The van der Waals surface area contributed by atoms with Crippen LogP contribution in [-0.2, 0) is 0 Å². The van der Waals surface area contributed by atoms with Crippen molar-refractivity contribution in [2.75, 3.05) is 5.88 Å². The summed E-state index contributed by atoms with van der Waals surface area (Å²) in [5, 5.41) is 0. The lowest BCUT2D eigenvalue weighted by molar-refractivity contribution is 1.70. The highest BCUT2D eigenvalue weighted by atomic mass is 35.5. The van der Waals surface area contributed by atoms with Crippen LogP contribution in [0, 0.1) is 0 Å². The molecule has 0 saturated carbocycles. The van der Waals surface area contributed by atoms with Gasteiger partial charge in [0.1, 0.15) is 0 Å². The maximum atomic E-state index is 5.59.